The molecular formula is C11H10N2O3. The fourth-order valence-electron chi connectivity index (χ4n) is 1.84. The molecule has 0 spiro atoms. The first-order chi connectivity index (χ1) is 7.56. The Balaban J connectivity index is 2.85. The van der Waals surface area contributed by atoms with E-state index in [0.717, 1.165) is 17.4 Å². The van der Waals surface area contributed by atoms with E-state index in [2.05, 4.69) is 0 Å². The van der Waals surface area contributed by atoms with Crippen LogP contribution >= 0.6 is 0 Å². The molecule has 0 aliphatic heterocycles. The van der Waals surface area contributed by atoms with Crippen LogP contribution in [-0.4, -0.2) is 15.8 Å². The first kappa shape index (κ1) is 10.4. The fraction of sp³-hybridized carbons (Fsp3) is 0.182. The molecule has 1 aromatic carbocycles. The molecule has 16 heavy (non-hydrogen) atoms. The van der Waals surface area contributed by atoms with Gasteiger partial charge in [-0.1, -0.05) is 0 Å². The van der Waals surface area contributed by atoms with Crippen molar-refractivity contribution in [3.8, 4) is 0 Å². The summed E-state index contributed by atoms with van der Waals surface area (Å²) in [6, 6.07) is 4.51. The number of hydrogen-bond acceptors (Lipinski definition) is 3. The van der Waals surface area contributed by atoms with Gasteiger partial charge in [0.15, 0.2) is 6.29 Å². The maximum Gasteiger partial charge on any atom is 0.271 e. The smallest absolute Gasteiger partial charge is 0.271 e. The lowest BCUT2D eigenvalue weighted by Crippen LogP contribution is -1.92. The van der Waals surface area contributed by atoms with Gasteiger partial charge in [-0.2, -0.15) is 0 Å². The van der Waals surface area contributed by atoms with E-state index in [4.69, 9.17) is 0 Å². The molecule has 0 bridgehead atoms. The lowest BCUT2D eigenvalue weighted by molar-refractivity contribution is -0.384. The number of non-ortho nitro benzene ring substituents is 1. The summed E-state index contributed by atoms with van der Waals surface area (Å²) in [5, 5.41) is 11.4. The number of hydrogen-bond donors (Lipinski definition) is 0. The van der Waals surface area contributed by atoms with Crippen molar-refractivity contribution in [2.75, 3.05) is 0 Å². The highest BCUT2D eigenvalue weighted by molar-refractivity contribution is 6.00. The van der Waals surface area contributed by atoms with E-state index in [0.29, 0.717) is 11.1 Å². The van der Waals surface area contributed by atoms with Crippen LogP contribution in [-0.2, 0) is 7.05 Å². The molecule has 0 amide bonds. The molecule has 1 heterocycles. The molecule has 0 saturated heterocycles. The Morgan fingerprint density at radius 2 is 2.12 bits per heavy atom. The van der Waals surface area contributed by atoms with Crippen molar-refractivity contribution in [1.29, 1.82) is 0 Å². The number of rotatable bonds is 2. The standard InChI is InChI=1S/C11H10N2O3/c1-7-10(6-14)9-4-3-8(13(15)16)5-11(9)12(7)2/h3-6H,1-2H3. The molecule has 0 aliphatic carbocycles. The number of aryl methyl sites for hydroxylation is 1. The normalized spacial score (nSPS) is 10.6. The van der Waals surface area contributed by atoms with E-state index in [-0.39, 0.29) is 5.69 Å². The van der Waals surface area contributed by atoms with Gasteiger partial charge in [0.2, 0.25) is 0 Å². The number of aromatic nitrogens is 1. The largest absolute Gasteiger partial charge is 0.347 e. The van der Waals surface area contributed by atoms with E-state index in [1.165, 1.54) is 12.1 Å². The summed E-state index contributed by atoms with van der Waals surface area (Å²) in [4.78, 5) is 21.1. The zero-order valence-corrected chi connectivity index (χ0v) is 8.93. The predicted molar refractivity (Wildman–Crippen MR) is 59.7 cm³/mol. The van der Waals surface area contributed by atoms with Gasteiger partial charge in [-0.15, -0.1) is 0 Å². The van der Waals surface area contributed by atoms with Crippen molar-refractivity contribution >= 4 is 22.9 Å². The van der Waals surface area contributed by atoms with E-state index < -0.39 is 4.92 Å². The highest BCUT2D eigenvalue weighted by atomic mass is 16.6. The Hall–Kier alpha value is -2.17. The fourth-order valence-corrected chi connectivity index (χ4v) is 1.84. The van der Waals surface area contributed by atoms with Crippen LogP contribution in [0.25, 0.3) is 10.9 Å². The number of nitro groups is 1. The third-order valence-electron chi connectivity index (χ3n) is 2.85. The minimum absolute atomic E-state index is 0.0329. The monoisotopic (exact) mass is 218 g/mol. The number of nitrogens with zero attached hydrogens (tertiary/aromatic N) is 2. The lowest BCUT2D eigenvalue weighted by Gasteiger charge is -1.97. The van der Waals surface area contributed by atoms with Crippen LogP contribution in [0.2, 0.25) is 0 Å². The third kappa shape index (κ3) is 1.29. The number of nitro benzene ring substituents is 1. The van der Waals surface area contributed by atoms with Crippen molar-refractivity contribution in [2.24, 2.45) is 7.05 Å². The number of fused-ring (bicyclic) bond motifs is 1. The molecule has 5 heteroatoms. The Labute approximate surface area is 91.4 Å². The average molecular weight is 218 g/mol. The van der Waals surface area contributed by atoms with Gasteiger partial charge < -0.3 is 4.57 Å². The first-order valence-electron chi connectivity index (χ1n) is 4.75. The van der Waals surface area contributed by atoms with E-state index in [1.807, 2.05) is 6.92 Å². The zero-order chi connectivity index (χ0) is 11.9. The summed E-state index contributed by atoms with van der Waals surface area (Å²) < 4.78 is 1.78. The molecule has 0 unspecified atom stereocenters. The molecule has 1 aromatic heterocycles. The number of benzene rings is 1. The first-order valence-corrected chi connectivity index (χ1v) is 4.75. The van der Waals surface area contributed by atoms with Crippen molar-refractivity contribution in [1.82, 2.24) is 4.57 Å². The van der Waals surface area contributed by atoms with Crippen LogP contribution in [0.5, 0.6) is 0 Å². The second-order valence-electron chi connectivity index (χ2n) is 3.63. The van der Waals surface area contributed by atoms with Gasteiger partial charge >= 0.3 is 0 Å². The van der Waals surface area contributed by atoms with Crippen LogP contribution < -0.4 is 0 Å². The molecule has 0 atom stereocenters. The third-order valence-corrected chi connectivity index (χ3v) is 2.85. The van der Waals surface area contributed by atoms with Crippen LogP contribution in [0.1, 0.15) is 16.1 Å². The number of carbonyl (C=O) groups is 1. The summed E-state index contributed by atoms with van der Waals surface area (Å²) >= 11 is 0. The summed E-state index contributed by atoms with van der Waals surface area (Å²) in [5.41, 5.74) is 2.14. The van der Waals surface area contributed by atoms with Gasteiger partial charge in [-0.3, -0.25) is 14.9 Å². The lowest BCUT2D eigenvalue weighted by atomic mass is 10.1. The Kier molecular flexibility index (Phi) is 2.23. The molecule has 5 nitrogen and oxygen atoms in total. The Bertz CT molecular complexity index is 599. The Morgan fingerprint density at radius 1 is 1.44 bits per heavy atom. The SMILES string of the molecule is Cc1c(C=O)c2ccc([N+](=O)[O-])cc2n1C. The average Bonchev–Trinajstić information content (AvgIpc) is 2.51. The van der Waals surface area contributed by atoms with E-state index in [9.17, 15) is 14.9 Å². The molecule has 0 N–H and O–H groups in total. The van der Waals surface area contributed by atoms with Gasteiger partial charge in [0.25, 0.3) is 5.69 Å². The van der Waals surface area contributed by atoms with Crippen molar-refractivity contribution in [3.63, 3.8) is 0 Å². The minimum Gasteiger partial charge on any atom is -0.347 e. The van der Waals surface area contributed by atoms with Crippen molar-refractivity contribution < 1.29 is 9.72 Å². The van der Waals surface area contributed by atoms with Crippen LogP contribution in [0, 0.1) is 17.0 Å². The highest BCUT2D eigenvalue weighted by Crippen LogP contribution is 2.26. The van der Waals surface area contributed by atoms with Crippen LogP contribution in [0.4, 0.5) is 5.69 Å². The van der Waals surface area contributed by atoms with Gasteiger partial charge in [-0.05, 0) is 13.0 Å². The molecule has 2 aromatic rings. The quantitative estimate of drug-likeness (QED) is 0.441. The van der Waals surface area contributed by atoms with Crippen LogP contribution in [0.3, 0.4) is 0 Å². The summed E-state index contributed by atoms with van der Waals surface area (Å²) in [5.74, 6) is 0. The minimum atomic E-state index is -0.442. The van der Waals surface area contributed by atoms with Crippen molar-refractivity contribution in [3.05, 3.63) is 39.6 Å². The highest BCUT2D eigenvalue weighted by Gasteiger charge is 2.14. The summed E-state index contributed by atoms with van der Waals surface area (Å²) in [6.45, 7) is 1.82. The summed E-state index contributed by atoms with van der Waals surface area (Å²) in [7, 11) is 1.79. The molecule has 82 valence electrons. The van der Waals surface area contributed by atoms with Gasteiger partial charge in [0, 0.05) is 35.8 Å². The molecule has 0 fully saturated rings. The van der Waals surface area contributed by atoms with Gasteiger partial charge in [0.05, 0.1) is 10.4 Å². The van der Waals surface area contributed by atoms with E-state index >= 15 is 0 Å². The van der Waals surface area contributed by atoms with E-state index in [1.54, 1.807) is 17.7 Å². The van der Waals surface area contributed by atoms with Gasteiger partial charge in [0.1, 0.15) is 0 Å². The number of carbonyl (C=O) groups excluding carboxylic acids is 1. The second-order valence-corrected chi connectivity index (χ2v) is 3.63. The second kappa shape index (κ2) is 3.44. The molecule has 0 saturated carbocycles. The Morgan fingerprint density at radius 3 is 2.69 bits per heavy atom. The predicted octanol–water partition coefficient (Wildman–Crippen LogP) is 2.21. The maximum absolute atomic E-state index is 10.9. The topological polar surface area (TPSA) is 65.1 Å². The summed E-state index contributed by atoms with van der Waals surface area (Å²) in [6.07, 6.45) is 0.781. The molecule has 0 aliphatic rings. The maximum atomic E-state index is 10.9. The van der Waals surface area contributed by atoms with Gasteiger partial charge in [-0.25, -0.2) is 0 Å². The zero-order valence-electron chi connectivity index (χ0n) is 8.93. The van der Waals surface area contributed by atoms with Crippen molar-refractivity contribution in [2.45, 2.75) is 6.92 Å². The number of aldehydes is 1. The molecule has 0 radical (unpaired) electrons. The molecular weight excluding hydrogens is 208 g/mol. The molecule has 2 rings (SSSR count). The van der Waals surface area contributed by atoms with Crippen LogP contribution in [0.15, 0.2) is 18.2 Å².